The highest BCUT2D eigenvalue weighted by Crippen LogP contribution is 2.26. The summed E-state index contributed by atoms with van der Waals surface area (Å²) in [6.45, 7) is 1.67. The van der Waals surface area contributed by atoms with Crippen molar-refractivity contribution in [1.29, 1.82) is 0 Å². The Kier molecular flexibility index (Phi) is 3.45. The first-order valence-corrected chi connectivity index (χ1v) is 8.35. The molecular formula is C16H16FNO2S. The summed E-state index contributed by atoms with van der Waals surface area (Å²) in [6, 6.07) is 9.24. The van der Waals surface area contributed by atoms with Crippen LogP contribution in [0.15, 0.2) is 41.3 Å². The fourth-order valence-electron chi connectivity index (χ4n) is 2.66. The molecule has 21 heavy (non-hydrogen) atoms. The van der Waals surface area contributed by atoms with Crippen LogP contribution in [0, 0.1) is 12.7 Å². The minimum absolute atomic E-state index is 0.256. The molecule has 0 saturated carbocycles. The molecule has 2 aromatic rings. The van der Waals surface area contributed by atoms with E-state index in [4.69, 9.17) is 0 Å². The van der Waals surface area contributed by atoms with Gasteiger partial charge in [0, 0.05) is 0 Å². The van der Waals surface area contributed by atoms with Crippen LogP contribution in [0.25, 0.3) is 0 Å². The zero-order valence-corrected chi connectivity index (χ0v) is 12.5. The van der Waals surface area contributed by atoms with Crippen LogP contribution in [-0.2, 0) is 22.9 Å². The minimum atomic E-state index is -3.64. The summed E-state index contributed by atoms with van der Waals surface area (Å²) in [7, 11) is -3.64. The fraction of sp³-hybridized carbons (Fsp3) is 0.250. The highest BCUT2D eigenvalue weighted by molar-refractivity contribution is 7.92. The number of fused-ring (bicyclic) bond motifs is 1. The maximum atomic E-state index is 13.1. The molecule has 0 aromatic heterocycles. The van der Waals surface area contributed by atoms with Gasteiger partial charge in [-0.1, -0.05) is 6.07 Å². The topological polar surface area (TPSA) is 46.2 Å². The molecule has 1 aliphatic carbocycles. The van der Waals surface area contributed by atoms with Crippen LogP contribution in [0.3, 0.4) is 0 Å². The van der Waals surface area contributed by atoms with Crippen LogP contribution in [0.5, 0.6) is 0 Å². The smallest absolute Gasteiger partial charge is 0.261 e. The number of hydrogen-bond donors (Lipinski definition) is 1. The third-order valence-electron chi connectivity index (χ3n) is 3.81. The lowest BCUT2D eigenvalue weighted by Crippen LogP contribution is -2.14. The molecule has 0 fully saturated rings. The summed E-state index contributed by atoms with van der Waals surface area (Å²) in [4.78, 5) is 0.256. The lowest BCUT2D eigenvalue weighted by molar-refractivity contribution is 0.600. The molecule has 0 saturated heterocycles. The van der Waals surface area contributed by atoms with Gasteiger partial charge in [-0.05, 0) is 73.2 Å². The number of anilines is 1. The van der Waals surface area contributed by atoms with Crippen molar-refractivity contribution in [3.05, 3.63) is 58.9 Å². The maximum absolute atomic E-state index is 13.1. The number of halogens is 1. The van der Waals surface area contributed by atoms with E-state index in [1.165, 1.54) is 23.8 Å². The van der Waals surface area contributed by atoms with Gasteiger partial charge in [-0.3, -0.25) is 4.72 Å². The Bertz CT molecular complexity index is 800. The van der Waals surface area contributed by atoms with Crippen molar-refractivity contribution in [3.8, 4) is 0 Å². The molecule has 0 bridgehead atoms. The molecule has 110 valence electrons. The number of aryl methyl sites for hydroxylation is 3. The Labute approximate surface area is 123 Å². The minimum Gasteiger partial charge on any atom is -0.279 e. The molecule has 3 rings (SSSR count). The molecule has 3 nitrogen and oxygen atoms in total. The molecule has 2 aromatic carbocycles. The molecule has 1 aliphatic rings. The monoisotopic (exact) mass is 305 g/mol. The molecule has 0 unspecified atom stereocenters. The zero-order valence-electron chi connectivity index (χ0n) is 11.7. The first-order chi connectivity index (χ1) is 9.95. The summed E-state index contributed by atoms with van der Waals surface area (Å²) in [5.41, 5.74) is 3.29. The van der Waals surface area contributed by atoms with E-state index in [0.29, 0.717) is 11.3 Å². The molecule has 0 aliphatic heterocycles. The van der Waals surface area contributed by atoms with Gasteiger partial charge in [0.2, 0.25) is 0 Å². The molecule has 1 N–H and O–H groups in total. The summed E-state index contributed by atoms with van der Waals surface area (Å²) in [5, 5.41) is 0. The lowest BCUT2D eigenvalue weighted by atomic mass is 10.1. The largest absolute Gasteiger partial charge is 0.279 e. The van der Waals surface area contributed by atoms with Gasteiger partial charge in [-0.15, -0.1) is 0 Å². The maximum Gasteiger partial charge on any atom is 0.261 e. The van der Waals surface area contributed by atoms with Crippen LogP contribution in [-0.4, -0.2) is 8.42 Å². The van der Waals surface area contributed by atoms with Crippen LogP contribution in [0.1, 0.15) is 23.1 Å². The van der Waals surface area contributed by atoms with Gasteiger partial charge >= 0.3 is 0 Å². The van der Waals surface area contributed by atoms with Gasteiger partial charge in [-0.2, -0.15) is 0 Å². The fourth-order valence-corrected chi connectivity index (χ4v) is 3.84. The summed E-state index contributed by atoms with van der Waals surface area (Å²) < 4.78 is 40.5. The van der Waals surface area contributed by atoms with Gasteiger partial charge in [-0.25, -0.2) is 12.8 Å². The quantitative estimate of drug-likeness (QED) is 0.944. The number of nitrogens with one attached hydrogen (secondary N) is 1. The second kappa shape index (κ2) is 5.15. The van der Waals surface area contributed by atoms with Crippen molar-refractivity contribution in [2.24, 2.45) is 0 Å². The van der Waals surface area contributed by atoms with E-state index >= 15 is 0 Å². The predicted molar refractivity (Wildman–Crippen MR) is 80.4 cm³/mol. The third-order valence-corrected chi connectivity index (χ3v) is 5.18. The highest BCUT2D eigenvalue weighted by Gasteiger charge is 2.19. The van der Waals surface area contributed by atoms with Gasteiger partial charge < -0.3 is 0 Å². The highest BCUT2D eigenvalue weighted by atomic mass is 32.2. The normalized spacial score (nSPS) is 14.0. The third kappa shape index (κ3) is 2.78. The summed E-state index contributed by atoms with van der Waals surface area (Å²) >= 11 is 0. The van der Waals surface area contributed by atoms with Crippen molar-refractivity contribution >= 4 is 15.7 Å². The lowest BCUT2D eigenvalue weighted by Gasteiger charge is -2.11. The van der Waals surface area contributed by atoms with Crippen molar-refractivity contribution in [1.82, 2.24) is 0 Å². The average molecular weight is 305 g/mol. The first kappa shape index (κ1) is 14.1. The second-order valence-electron chi connectivity index (χ2n) is 5.35. The number of sulfonamides is 1. The number of benzene rings is 2. The molecule has 0 amide bonds. The molecule has 0 atom stereocenters. The summed E-state index contributed by atoms with van der Waals surface area (Å²) in [6.07, 6.45) is 3.01. The number of rotatable bonds is 3. The molecule has 0 radical (unpaired) electrons. The van der Waals surface area contributed by atoms with Crippen LogP contribution in [0.4, 0.5) is 10.1 Å². The Morgan fingerprint density at radius 3 is 2.57 bits per heavy atom. The summed E-state index contributed by atoms with van der Waals surface area (Å²) in [5.74, 6) is -0.382. The van der Waals surface area contributed by atoms with E-state index in [1.54, 1.807) is 19.1 Å². The van der Waals surface area contributed by atoms with Gasteiger partial charge in [0.25, 0.3) is 10.0 Å². The molecule has 0 heterocycles. The molecule has 0 spiro atoms. The van der Waals surface area contributed by atoms with E-state index in [1.807, 2.05) is 6.07 Å². The van der Waals surface area contributed by atoms with Crippen molar-refractivity contribution in [2.45, 2.75) is 31.1 Å². The van der Waals surface area contributed by atoms with E-state index < -0.39 is 10.0 Å². The first-order valence-electron chi connectivity index (χ1n) is 6.86. The van der Waals surface area contributed by atoms with Crippen LogP contribution in [0.2, 0.25) is 0 Å². The van der Waals surface area contributed by atoms with Crippen LogP contribution >= 0.6 is 0 Å². The second-order valence-corrected chi connectivity index (χ2v) is 7.03. The Hall–Kier alpha value is -1.88. The Morgan fingerprint density at radius 2 is 1.81 bits per heavy atom. The van der Waals surface area contributed by atoms with Gasteiger partial charge in [0.05, 0.1) is 10.6 Å². The molecule has 5 heteroatoms. The van der Waals surface area contributed by atoms with E-state index in [9.17, 15) is 12.8 Å². The van der Waals surface area contributed by atoms with Crippen molar-refractivity contribution in [3.63, 3.8) is 0 Å². The number of hydrogen-bond acceptors (Lipinski definition) is 2. The van der Waals surface area contributed by atoms with Crippen LogP contribution < -0.4 is 4.72 Å². The predicted octanol–water partition coefficient (Wildman–Crippen LogP) is 3.42. The SMILES string of the molecule is Cc1cc(F)ccc1NS(=O)(=O)c1ccc2c(c1)CCC2. The Balaban J connectivity index is 1.93. The molecular weight excluding hydrogens is 289 g/mol. The van der Waals surface area contributed by atoms with Crippen molar-refractivity contribution < 1.29 is 12.8 Å². The standard InChI is InChI=1S/C16H16FNO2S/c1-11-9-14(17)6-8-16(11)18-21(19,20)15-7-5-12-3-2-4-13(12)10-15/h5-10,18H,2-4H2,1H3. The van der Waals surface area contributed by atoms with E-state index in [-0.39, 0.29) is 10.7 Å². The van der Waals surface area contributed by atoms with E-state index in [2.05, 4.69) is 4.72 Å². The zero-order chi connectivity index (χ0) is 15.0. The average Bonchev–Trinajstić information content (AvgIpc) is 2.89. The Morgan fingerprint density at radius 1 is 1.05 bits per heavy atom. The van der Waals surface area contributed by atoms with Gasteiger partial charge in [0.15, 0.2) is 0 Å². The van der Waals surface area contributed by atoms with Gasteiger partial charge in [0.1, 0.15) is 5.82 Å². The van der Waals surface area contributed by atoms with Crippen molar-refractivity contribution in [2.75, 3.05) is 4.72 Å². The van der Waals surface area contributed by atoms with E-state index in [0.717, 1.165) is 24.8 Å².